The van der Waals surface area contributed by atoms with Crippen LogP contribution in [0.15, 0.2) is 46.0 Å². The van der Waals surface area contributed by atoms with Gasteiger partial charge in [-0.3, -0.25) is 4.79 Å². The highest BCUT2D eigenvalue weighted by molar-refractivity contribution is 7.91. The summed E-state index contributed by atoms with van der Waals surface area (Å²) in [4.78, 5) is 17.1. The highest BCUT2D eigenvalue weighted by atomic mass is 32.2. The zero-order chi connectivity index (χ0) is 22.0. The molecule has 7 nitrogen and oxygen atoms in total. The van der Waals surface area contributed by atoms with E-state index >= 15 is 0 Å². The number of carbonyl (C=O) groups is 1. The Morgan fingerprint density at radius 3 is 2.77 bits per heavy atom. The Balaban J connectivity index is 1.40. The first-order chi connectivity index (χ1) is 14.9. The number of fused-ring (bicyclic) bond motifs is 1. The molecule has 0 spiro atoms. The lowest BCUT2D eigenvalue weighted by Crippen LogP contribution is -2.50. The predicted molar refractivity (Wildman–Crippen MR) is 122 cm³/mol. The maximum atomic E-state index is 13.2. The van der Waals surface area contributed by atoms with Gasteiger partial charge in [0.1, 0.15) is 16.1 Å². The van der Waals surface area contributed by atoms with Crippen LogP contribution in [0.2, 0.25) is 0 Å². The number of rotatable bonds is 6. The van der Waals surface area contributed by atoms with Crippen LogP contribution in [0, 0.1) is 5.92 Å². The molecule has 0 saturated carbocycles. The molecule has 4 rings (SSSR count). The first-order valence-electron chi connectivity index (χ1n) is 10.7. The number of carbonyl (C=O) groups excluding carboxylic acids is 1. The minimum atomic E-state index is -3.53. The number of nitrogens with zero attached hydrogens (tertiary/aromatic N) is 3. The van der Waals surface area contributed by atoms with E-state index in [1.165, 1.54) is 15.6 Å². The van der Waals surface area contributed by atoms with Crippen molar-refractivity contribution in [2.45, 2.75) is 30.1 Å². The van der Waals surface area contributed by atoms with Gasteiger partial charge in [-0.05, 0) is 43.3 Å². The fourth-order valence-corrected chi connectivity index (χ4v) is 7.05. The van der Waals surface area contributed by atoms with Gasteiger partial charge in [0.05, 0.1) is 24.7 Å². The molecule has 1 fully saturated rings. The summed E-state index contributed by atoms with van der Waals surface area (Å²) in [5.41, 5.74) is 1.08. The number of sulfonamides is 1. The molecule has 2 unspecified atom stereocenters. The number of piperidine rings is 1. The van der Waals surface area contributed by atoms with Gasteiger partial charge in [0.2, 0.25) is 5.91 Å². The summed E-state index contributed by atoms with van der Waals surface area (Å²) in [7, 11) is -1.75. The molecule has 2 aromatic rings. The SMILES string of the molecule is CCN1CC(CN(C)C(=O)C2CCCN(S(=O)(=O)c3cccs3)C2)Oc2ccccc21. The molecule has 1 aromatic heterocycles. The first-order valence-corrected chi connectivity index (χ1v) is 13.0. The molecule has 0 aliphatic carbocycles. The number of anilines is 1. The topological polar surface area (TPSA) is 70.2 Å². The average molecular weight is 464 g/mol. The zero-order valence-electron chi connectivity index (χ0n) is 17.9. The van der Waals surface area contributed by atoms with E-state index in [1.54, 1.807) is 29.5 Å². The average Bonchev–Trinajstić information content (AvgIpc) is 3.34. The van der Waals surface area contributed by atoms with Gasteiger partial charge in [-0.1, -0.05) is 18.2 Å². The van der Waals surface area contributed by atoms with E-state index in [9.17, 15) is 13.2 Å². The normalized spacial score (nSPS) is 21.9. The molecule has 0 N–H and O–H groups in total. The number of thiophene rings is 1. The second-order valence-electron chi connectivity index (χ2n) is 8.10. The molecule has 1 aromatic carbocycles. The van der Waals surface area contributed by atoms with Crippen LogP contribution >= 0.6 is 11.3 Å². The molecule has 2 aliphatic heterocycles. The Hall–Kier alpha value is -2.10. The summed E-state index contributed by atoms with van der Waals surface area (Å²) in [6, 6.07) is 11.3. The minimum Gasteiger partial charge on any atom is -0.485 e. The van der Waals surface area contributed by atoms with Gasteiger partial charge in [0, 0.05) is 26.7 Å². The molecular weight excluding hydrogens is 434 g/mol. The molecule has 9 heteroatoms. The molecule has 1 amide bonds. The summed E-state index contributed by atoms with van der Waals surface area (Å²) < 4.78 is 33.7. The van der Waals surface area contributed by atoms with Crippen LogP contribution in [0.1, 0.15) is 19.8 Å². The van der Waals surface area contributed by atoms with Crippen LogP contribution in [0.3, 0.4) is 0 Å². The number of benzene rings is 1. The third kappa shape index (κ3) is 4.58. The molecule has 1 saturated heterocycles. The standard InChI is InChI=1S/C22H29N3O4S2/c1-3-24-16-18(29-20-10-5-4-9-19(20)24)15-23(2)22(26)17-8-6-12-25(14-17)31(27,28)21-11-7-13-30-21/h4-5,7,9-11,13,17-18H,3,6,8,12,14-16H2,1-2H3. The number of ether oxygens (including phenoxy) is 1. The number of likely N-dealkylation sites (N-methyl/N-ethyl adjacent to an activating group) is 2. The van der Waals surface area contributed by atoms with Crippen LogP contribution in [0.4, 0.5) is 5.69 Å². The Morgan fingerprint density at radius 1 is 1.23 bits per heavy atom. The highest BCUT2D eigenvalue weighted by Gasteiger charge is 2.36. The maximum Gasteiger partial charge on any atom is 0.252 e. The van der Waals surface area contributed by atoms with Crippen molar-refractivity contribution in [2.24, 2.45) is 5.92 Å². The summed E-state index contributed by atoms with van der Waals surface area (Å²) in [5.74, 6) is 0.496. The van der Waals surface area contributed by atoms with Crippen LogP contribution < -0.4 is 9.64 Å². The monoisotopic (exact) mass is 463 g/mol. The first kappa shape index (κ1) is 22.1. The van der Waals surface area contributed by atoms with Crippen molar-refractivity contribution in [1.29, 1.82) is 0 Å². The summed E-state index contributed by atoms with van der Waals surface area (Å²) in [5, 5.41) is 1.76. The Labute approximate surface area is 188 Å². The van der Waals surface area contributed by atoms with E-state index in [1.807, 2.05) is 18.2 Å². The van der Waals surface area contributed by atoms with Crippen LogP contribution in [0.5, 0.6) is 5.75 Å². The fourth-order valence-electron chi connectivity index (χ4n) is 4.38. The van der Waals surface area contributed by atoms with E-state index in [-0.39, 0.29) is 24.5 Å². The van der Waals surface area contributed by atoms with Gasteiger partial charge in [0.15, 0.2) is 0 Å². The van der Waals surface area contributed by atoms with Gasteiger partial charge >= 0.3 is 0 Å². The van der Waals surface area contributed by atoms with Crippen molar-refractivity contribution in [3.63, 3.8) is 0 Å². The number of para-hydroxylation sites is 2. The van der Waals surface area contributed by atoms with Crippen molar-refractivity contribution >= 4 is 33.0 Å². The Morgan fingerprint density at radius 2 is 2.03 bits per heavy atom. The molecule has 3 heterocycles. The zero-order valence-corrected chi connectivity index (χ0v) is 19.6. The van der Waals surface area contributed by atoms with E-state index in [4.69, 9.17) is 4.74 Å². The second kappa shape index (κ2) is 9.18. The Kier molecular flexibility index (Phi) is 6.55. The van der Waals surface area contributed by atoms with Crippen molar-refractivity contribution < 1.29 is 17.9 Å². The molecular formula is C22H29N3O4S2. The summed E-state index contributed by atoms with van der Waals surface area (Å²) in [6.45, 7) is 4.86. The van der Waals surface area contributed by atoms with Crippen LogP contribution in [-0.4, -0.2) is 69.4 Å². The van der Waals surface area contributed by atoms with E-state index in [0.717, 1.165) is 18.0 Å². The lowest BCUT2D eigenvalue weighted by Gasteiger charge is -2.38. The van der Waals surface area contributed by atoms with Gasteiger partial charge in [-0.15, -0.1) is 11.3 Å². The van der Waals surface area contributed by atoms with E-state index in [2.05, 4.69) is 17.9 Å². The quantitative estimate of drug-likeness (QED) is 0.659. The van der Waals surface area contributed by atoms with Gasteiger partial charge in [0.25, 0.3) is 10.0 Å². The van der Waals surface area contributed by atoms with Crippen molar-refractivity contribution in [1.82, 2.24) is 9.21 Å². The maximum absolute atomic E-state index is 13.2. The molecule has 0 bridgehead atoms. The second-order valence-corrected chi connectivity index (χ2v) is 11.2. The van der Waals surface area contributed by atoms with Crippen molar-refractivity contribution in [2.75, 3.05) is 44.7 Å². The van der Waals surface area contributed by atoms with E-state index in [0.29, 0.717) is 36.7 Å². The van der Waals surface area contributed by atoms with Gasteiger partial charge in [-0.2, -0.15) is 4.31 Å². The van der Waals surface area contributed by atoms with Crippen molar-refractivity contribution in [3.8, 4) is 5.75 Å². The summed E-state index contributed by atoms with van der Waals surface area (Å²) in [6.07, 6.45) is 1.26. The van der Waals surface area contributed by atoms with E-state index < -0.39 is 10.0 Å². The molecule has 31 heavy (non-hydrogen) atoms. The number of hydrogen-bond donors (Lipinski definition) is 0. The smallest absolute Gasteiger partial charge is 0.252 e. The van der Waals surface area contributed by atoms with Gasteiger partial charge < -0.3 is 14.5 Å². The largest absolute Gasteiger partial charge is 0.485 e. The third-order valence-corrected chi connectivity index (χ3v) is 9.22. The predicted octanol–water partition coefficient (Wildman–Crippen LogP) is 2.89. The molecule has 168 valence electrons. The van der Waals surface area contributed by atoms with Crippen LogP contribution in [-0.2, 0) is 14.8 Å². The number of amides is 1. The summed E-state index contributed by atoms with van der Waals surface area (Å²) >= 11 is 1.21. The third-order valence-electron chi connectivity index (χ3n) is 5.98. The van der Waals surface area contributed by atoms with Gasteiger partial charge in [-0.25, -0.2) is 8.42 Å². The molecule has 0 radical (unpaired) electrons. The Bertz CT molecular complexity index is 1010. The molecule has 2 atom stereocenters. The fraction of sp³-hybridized carbons (Fsp3) is 0.500. The highest BCUT2D eigenvalue weighted by Crippen LogP contribution is 2.33. The number of hydrogen-bond acceptors (Lipinski definition) is 6. The minimum absolute atomic E-state index is 0.0170. The molecule has 2 aliphatic rings. The lowest BCUT2D eigenvalue weighted by molar-refractivity contribution is -0.136. The lowest BCUT2D eigenvalue weighted by atomic mass is 9.98. The van der Waals surface area contributed by atoms with Crippen LogP contribution in [0.25, 0.3) is 0 Å². The van der Waals surface area contributed by atoms with Crippen molar-refractivity contribution in [3.05, 3.63) is 41.8 Å².